The fraction of sp³-hybridized carbons (Fsp3) is 0.750. The van der Waals surface area contributed by atoms with Gasteiger partial charge >= 0.3 is 0 Å². The first-order valence-corrected chi connectivity index (χ1v) is 9.46. The average molecular weight is 332 g/mol. The number of anilines is 1. The summed E-state index contributed by atoms with van der Waals surface area (Å²) in [4.78, 5) is 6.84. The quantitative estimate of drug-likeness (QED) is 0.889. The van der Waals surface area contributed by atoms with Crippen LogP contribution in [0.3, 0.4) is 0 Å². The monoisotopic (exact) mass is 331 g/mol. The second-order valence-corrected chi connectivity index (χ2v) is 8.89. The summed E-state index contributed by atoms with van der Waals surface area (Å²) in [5.41, 5.74) is 0.209. The Morgan fingerprint density at radius 1 is 1.25 bits per heavy atom. The first kappa shape index (κ1) is 17.7. The molecule has 0 aromatic carbocycles. The molecule has 2 aliphatic rings. The van der Waals surface area contributed by atoms with Crippen LogP contribution in [0, 0.1) is 11.3 Å². The van der Waals surface area contributed by atoms with E-state index in [1.165, 1.54) is 6.42 Å². The molecule has 1 aromatic rings. The molecule has 2 unspecified atom stereocenters. The van der Waals surface area contributed by atoms with Gasteiger partial charge < -0.3 is 15.3 Å². The number of hydrogen-bond donors (Lipinski definition) is 2. The van der Waals surface area contributed by atoms with Gasteiger partial charge in [0.2, 0.25) is 0 Å². The molecule has 2 atom stereocenters. The van der Waals surface area contributed by atoms with Crippen LogP contribution in [-0.4, -0.2) is 41.4 Å². The second kappa shape index (κ2) is 7.01. The van der Waals surface area contributed by atoms with Gasteiger partial charge in [-0.3, -0.25) is 0 Å². The molecule has 0 spiro atoms. The Balaban J connectivity index is 1.60. The van der Waals surface area contributed by atoms with Gasteiger partial charge in [-0.25, -0.2) is 4.98 Å². The molecule has 4 nitrogen and oxygen atoms in total. The Kier molecular flexibility index (Phi) is 5.16. The Bertz CT molecular complexity index is 525. The topological polar surface area (TPSA) is 48.4 Å². The molecular formula is C20H33N3O. The summed E-state index contributed by atoms with van der Waals surface area (Å²) < 4.78 is 0. The molecule has 2 heterocycles. The fourth-order valence-electron chi connectivity index (χ4n) is 5.25. The number of aromatic nitrogens is 1. The van der Waals surface area contributed by atoms with Gasteiger partial charge in [0.1, 0.15) is 5.82 Å². The summed E-state index contributed by atoms with van der Waals surface area (Å²) in [5.74, 6) is 1.75. The molecule has 1 saturated heterocycles. The van der Waals surface area contributed by atoms with Crippen LogP contribution in [0.4, 0.5) is 5.82 Å². The zero-order chi connectivity index (χ0) is 17.2. The van der Waals surface area contributed by atoms with E-state index < -0.39 is 0 Å². The molecule has 3 rings (SSSR count). The van der Waals surface area contributed by atoms with Gasteiger partial charge in [0.15, 0.2) is 0 Å². The van der Waals surface area contributed by atoms with Crippen molar-refractivity contribution < 1.29 is 5.11 Å². The third-order valence-electron chi connectivity index (χ3n) is 5.74. The molecule has 0 bridgehead atoms. The van der Waals surface area contributed by atoms with Gasteiger partial charge in [0, 0.05) is 30.9 Å². The molecule has 1 aromatic heterocycles. The molecule has 134 valence electrons. The van der Waals surface area contributed by atoms with E-state index in [4.69, 9.17) is 0 Å². The molecule has 1 aliphatic heterocycles. The molecule has 2 fully saturated rings. The number of hydrogen-bond acceptors (Lipinski definition) is 4. The highest BCUT2D eigenvalue weighted by Crippen LogP contribution is 2.44. The maximum atomic E-state index is 10.2. The van der Waals surface area contributed by atoms with Crippen molar-refractivity contribution in [2.45, 2.75) is 64.5 Å². The van der Waals surface area contributed by atoms with Gasteiger partial charge in [0.25, 0.3) is 0 Å². The van der Waals surface area contributed by atoms with Crippen LogP contribution in [-0.2, 0) is 0 Å². The lowest BCUT2D eigenvalue weighted by Crippen LogP contribution is -2.60. The lowest BCUT2D eigenvalue weighted by molar-refractivity contribution is 0.0263. The summed E-state index contributed by atoms with van der Waals surface area (Å²) in [7, 11) is 0. The zero-order valence-electron chi connectivity index (χ0n) is 15.5. The van der Waals surface area contributed by atoms with E-state index in [-0.39, 0.29) is 12.1 Å². The van der Waals surface area contributed by atoms with Crippen molar-refractivity contribution in [2.24, 2.45) is 11.3 Å². The lowest BCUT2D eigenvalue weighted by Gasteiger charge is -2.49. The van der Waals surface area contributed by atoms with Crippen LogP contribution in [0.15, 0.2) is 24.4 Å². The number of nitrogens with one attached hydrogen (secondary N) is 1. The SMILES string of the molecule is CC1CC(C)(C)CC(CO)(NC2CCN(c3ccccn3)CC2)C1. The average Bonchev–Trinajstić information content (AvgIpc) is 2.54. The van der Waals surface area contributed by atoms with E-state index in [0.29, 0.717) is 17.4 Å². The highest BCUT2D eigenvalue weighted by atomic mass is 16.3. The number of pyridine rings is 1. The maximum absolute atomic E-state index is 10.2. The maximum Gasteiger partial charge on any atom is 0.128 e. The van der Waals surface area contributed by atoms with Crippen LogP contribution in [0.2, 0.25) is 0 Å². The van der Waals surface area contributed by atoms with E-state index in [1.807, 2.05) is 12.3 Å². The molecule has 24 heavy (non-hydrogen) atoms. The first-order chi connectivity index (χ1) is 11.4. The third kappa shape index (κ3) is 4.09. The van der Waals surface area contributed by atoms with Crippen molar-refractivity contribution in [3.63, 3.8) is 0 Å². The molecule has 0 amide bonds. The van der Waals surface area contributed by atoms with Crippen molar-refractivity contribution in [2.75, 3.05) is 24.6 Å². The van der Waals surface area contributed by atoms with E-state index in [1.54, 1.807) is 0 Å². The Labute approximate surface area is 146 Å². The molecule has 1 aliphatic carbocycles. The number of aliphatic hydroxyl groups is 1. The van der Waals surface area contributed by atoms with Gasteiger partial charge in [0.05, 0.1) is 6.61 Å². The Morgan fingerprint density at radius 2 is 2.00 bits per heavy atom. The highest BCUT2D eigenvalue weighted by Gasteiger charge is 2.43. The van der Waals surface area contributed by atoms with E-state index in [0.717, 1.165) is 44.6 Å². The van der Waals surface area contributed by atoms with Crippen molar-refractivity contribution in [1.29, 1.82) is 0 Å². The van der Waals surface area contributed by atoms with Crippen molar-refractivity contribution in [1.82, 2.24) is 10.3 Å². The molecule has 2 N–H and O–H groups in total. The normalized spacial score (nSPS) is 31.2. The van der Waals surface area contributed by atoms with E-state index >= 15 is 0 Å². The summed E-state index contributed by atoms with van der Waals surface area (Å²) in [6.07, 6.45) is 7.52. The second-order valence-electron chi connectivity index (χ2n) is 8.89. The summed E-state index contributed by atoms with van der Waals surface area (Å²) in [6, 6.07) is 6.61. The molecular weight excluding hydrogens is 298 g/mol. The molecule has 4 heteroatoms. The highest BCUT2D eigenvalue weighted by molar-refractivity contribution is 5.38. The zero-order valence-corrected chi connectivity index (χ0v) is 15.5. The van der Waals surface area contributed by atoms with E-state index in [2.05, 4.69) is 48.1 Å². The summed E-state index contributed by atoms with van der Waals surface area (Å²) in [5, 5.41) is 14.1. The number of rotatable bonds is 4. The number of piperidine rings is 1. The summed E-state index contributed by atoms with van der Waals surface area (Å²) in [6.45, 7) is 9.35. The van der Waals surface area contributed by atoms with Crippen molar-refractivity contribution in [3.8, 4) is 0 Å². The van der Waals surface area contributed by atoms with Crippen LogP contribution in [0.1, 0.15) is 52.9 Å². The summed E-state index contributed by atoms with van der Waals surface area (Å²) >= 11 is 0. The van der Waals surface area contributed by atoms with Crippen LogP contribution in [0.5, 0.6) is 0 Å². The largest absolute Gasteiger partial charge is 0.394 e. The van der Waals surface area contributed by atoms with Gasteiger partial charge in [-0.2, -0.15) is 0 Å². The van der Waals surface area contributed by atoms with Gasteiger partial charge in [-0.1, -0.05) is 26.8 Å². The fourth-order valence-corrected chi connectivity index (χ4v) is 5.25. The van der Waals surface area contributed by atoms with E-state index in [9.17, 15) is 5.11 Å². The van der Waals surface area contributed by atoms with Crippen LogP contribution in [0.25, 0.3) is 0 Å². The van der Waals surface area contributed by atoms with Crippen molar-refractivity contribution >= 4 is 5.82 Å². The molecule has 0 radical (unpaired) electrons. The minimum absolute atomic E-state index is 0.0982. The van der Waals surface area contributed by atoms with Crippen molar-refractivity contribution in [3.05, 3.63) is 24.4 Å². The number of nitrogens with zero attached hydrogens (tertiary/aromatic N) is 2. The van der Waals surface area contributed by atoms with Gasteiger partial charge in [-0.05, 0) is 55.6 Å². The lowest BCUT2D eigenvalue weighted by atomic mass is 9.64. The minimum atomic E-state index is -0.0982. The predicted molar refractivity (Wildman–Crippen MR) is 99.2 cm³/mol. The van der Waals surface area contributed by atoms with Crippen LogP contribution >= 0.6 is 0 Å². The first-order valence-electron chi connectivity index (χ1n) is 9.46. The third-order valence-corrected chi connectivity index (χ3v) is 5.74. The molecule has 1 saturated carbocycles. The number of aliphatic hydroxyl groups excluding tert-OH is 1. The minimum Gasteiger partial charge on any atom is -0.394 e. The standard InChI is InChI=1S/C20H33N3O/c1-16-12-19(2,3)14-20(13-16,15-24)22-17-7-10-23(11-8-17)18-6-4-5-9-21-18/h4-6,9,16-17,22,24H,7-8,10-15H2,1-3H3. The predicted octanol–water partition coefficient (Wildman–Crippen LogP) is 3.22. The van der Waals surface area contributed by atoms with Crippen LogP contribution < -0.4 is 10.2 Å². The Hall–Kier alpha value is -1.13. The van der Waals surface area contributed by atoms with Gasteiger partial charge in [-0.15, -0.1) is 0 Å². The smallest absolute Gasteiger partial charge is 0.128 e. The Morgan fingerprint density at radius 3 is 2.58 bits per heavy atom.